The van der Waals surface area contributed by atoms with Gasteiger partial charge in [0.1, 0.15) is 9.87 Å². The maximum atomic E-state index is 12.6. The maximum absolute atomic E-state index is 12.6. The molecule has 0 saturated carbocycles. The number of halogens is 2. The van der Waals surface area contributed by atoms with Crippen LogP contribution in [0.5, 0.6) is 0 Å². The first-order valence-corrected chi connectivity index (χ1v) is 6.24. The van der Waals surface area contributed by atoms with Gasteiger partial charge in [0.25, 0.3) is 6.43 Å². The van der Waals surface area contributed by atoms with E-state index in [0.29, 0.717) is 0 Å². The van der Waals surface area contributed by atoms with E-state index in [0.717, 1.165) is 22.8 Å². The molecule has 0 bridgehead atoms. The van der Waals surface area contributed by atoms with Crippen LogP contribution in [0.15, 0.2) is 24.3 Å². The third-order valence-electron chi connectivity index (χ3n) is 2.24. The van der Waals surface area contributed by atoms with Gasteiger partial charge in [-0.1, -0.05) is 34.4 Å². The average molecular weight is 285 g/mol. The molecule has 1 N–H and O–H groups in total. The van der Waals surface area contributed by atoms with Crippen molar-refractivity contribution in [1.29, 1.82) is 0 Å². The van der Waals surface area contributed by atoms with Crippen LogP contribution in [0.2, 0.25) is 0 Å². The van der Waals surface area contributed by atoms with E-state index in [9.17, 15) is 8.78 Å². The summed E-state index contributed by atoms with van der Waals surface area (Å²) >= 11 is 5.95. The Balaban J connectivity index is 2.17. The maximum Gasteiger partial charge on any atom is 0.283 e. The summed E-state index contributed by atoms with van der Waals surface area (Å²) in [5.74, 6) is 0. The van der Waals surface area contributed by atoms with Gasteiger partial charge in [0.2, 0.25) is 0 Å². The summed E-state index contributed by atoms with van der Waals surface area (Å²) in [4.78, 5) is 0.421. The van der Waals surface area contributed by atoms with E-state index >= 15 is 0 Å². The number of hydrogen-bond donors (Lipinski definition) is 1. The van der Waals surface area contributed by atoms with Crippen LogP contribution in [-0.2, 0) is 0 Å². The second kappa shape index (κ2) is 5.45. The van der Waals surface area contributed by atoms with Gasteiger partial charge in [0.05, 0.1) is 0 Å². The molecule has 3 nitrogen and oxygen atoms in total. The van der Waals surface area contributed by atoms with E-state index < -0.39 is 6.43 Å². The van der Waals surface area contributed by atoms with Gasteiger partial charge in [-0.3, -0.25) is 0 Å². The first-order chi connectivity index (χ1) is 8.58. The molecular weight excluding hydrogens is 276 g/mol. The molecule has 0 aliphatic carbocycles. The number of nitrogens with zero attached hydrogens (tertiary/aromatic N) is 2. The van der Waals surface area contributed by atoms with Gasteiger partial charge in [-0.2, -0.15) is 0 Å². The zero-order valence-corrected chi connectivity index (χ0v) is 11.0. The lowest BCUT2D eigenvalue weighted by Crippen LogP contribution is -2.11. The van der Waals surface area contributed by atoms with Crippen molar-refractivity contribution in [2.45, 2.75) is 13.3 Å². The van der Waals surface area contributed by atoms with E-state index in [2.05, 4.69) is 14.9 Å². The number of benzene rings is 1. The lowest BCUT2D eigenvalue weighted by molar-refractivity contribution is 0.146. The van der Waals surface area contributed by atoms with E-state index in [-0.39, 0.29) is 15.6 Å². The molecule has 2 rings (SSSR count). The highest BCUT2D eigenvalue weighted by atomic mass is 32.1. The van der Waals surface area contributed by atoms with Crippen LogP contribution >= 0.6 is 23.8 Å². The summed E-state index contributed by atoms with van der Waals surface area (Å²) in [5.41, 5.74) is 1.49. The van der Waals surface area contributed by atoms with Crippen molar-refractivity contribution in [3.8, 4) is 0 Å². The minimum absolute atomic E-state index is 0.209. The number of hydrogen-bond acceptors (Lipinski definition) is 4. The van der Waals surface area contributed by atoms with Gasteiger partial charge >= 0.3 is 0 Å². The van der Waals surface area contributed by atoms with Crippen LogP contribution in [0.1, 0.15) is 22.6 Å². The fourth-order valence-corrected chi connectivity index (χ4v) is 2.22. The number of alkyl halides is 2. The fraction of sp³-hybridized carbons (Fsp3) is 0.182. The highest BCUT2D eigenvalue weighted by Crippen LogP contribution is 2.24. The summed E-state index contributed by atoms with van der Waals surface area (Å²) in [6, 6.07) is 7.48. The predicted molar refractivity (Wildman–Crippen MR) is 71.4 cm³/mol. The first-order valence-electron chi connectivity index (χ1n) is 5.06. The van der Waals surface area contributed by atoms with E-state index in [1.807, 2.05) is 31.2 Å². The van der Waals surface area contributed by atoms with Crippen molar-refractivity contribution in [3.05, 3.63) is 40.4 Å². The first kappa shape index (κ1) is 13.0. The minimum atomic E-state index is -2.67. The minimum Gasteiger partial charge on any atom is -0.345 e. The molecule has 0 atom stereocenters. The van der Waals surface area contributed by atoms with Gasteiger partial charge < -0.3 is 5.32 Å². The van der Waals surface area contributed by atoms with Crippen LogP contribution in [-0.4, -0.2) is 14.6 Å². The molecule has 18 heavy (non-hydrogen) atoms. The number of anilines is 1. The molecule has 1 heterocycles. The molecule has 0 unspecified atom stereocenters. The Morgan fingerprint density at radius 2 is 2.00 bits per heavy atom. The molecule has 0 radical (unpaired) electrons. The standard InChI is InChI=1S/C11H9F2N3S2/c1-6-2-4-7(5-3-6)14-11(17)9-8(10(12)13)15-16-18-9/h2-5,10H,1H3,(H,14,17). The molecule has 0 saturated heterocycles. The van der Waals surface area contributed by atoms with Gasteiger partial charge in [0.15, 0.2) is 5.69 Å². The van der Waals surface area contributed by atoms with Crippen LogP contribution in [0.25, 0.3) is 0 Å². The number of aryl methyl sites for hydroxylation is 1. The summed E-state index contributed by atoms with van der Waals surface area (Å²) in [6.07, 6.45) is -2.67. The molecule has 1 aromatic heterocycles. The number of aromatic nitrogens is 2. The number of rotatable bonds is 3. The Labute approximate surface area is 112 Å². The lowest BCUT2D eigenvalue weighted by atomic mass is 10.2. The van der Waals surface area contributed by atoms with Crippen molar-refractivity contribution in [2.24, 2.45) is 0 Å². The zero-order valence-electron chi connectivity index (χ0n) is 9.35. The van der Waals surface area contributed by atoms with Gasteiger partial charge in [-0.15, -0.1) is 5.10 Å². The topological polar surface area (TPSA) is 37.8 Å². The van der Waals surface area contributed by atoms with Crippen LogP contribution in [0.4, 0.5) is 14.5 Å². The zero-order chi connectivity index (χ0) is 13.1. The van der Waals surface area contributed by atoms with Crippen LogP contribution in [0.3, 0.4) is 0 Å². The van der Waals surface area contributed by atoms with Crippen molar-refractivity contribution in [2.75, 3.05) is 5.32 Å². The monoisotopic (exact) mass is 285 g/mol. The summed E-state index contributed by atoms with van der Waals surface area (Å²) in [6.45, 7) is 1.96. The Kier molecular flexibility index (Phi) is 3.93. The SMILES string of the molecule is Cc1ccc(NC(=S)c2snnc2C(F)F)cc1. The normalized spacial score (nSPS) is 10.7. The molecule has 94 valence electrons. The molecule has 2 aromatic rings. The average Bonchev–Trinajstić information content (AvgIpc) is 2.81. The Bertz CT molecular complexity index is 552. The van der Waals surface area contributed by atoms with Crippen molar-refractivity contribution in [1.82, 2.24) is 9.59 Å². The summed E-state index contributed by atoms with van der Waals surface area (Å²) in [5, 5.41) is 6.28. The van der Waals surface area contributed by atoms with Crippen LogP contribution in [0, 0.1) is 6.92 Å². The third-order valence-corrected chi connectivity index (χ3v) is 3.43. The highest BCUT2D eigenvalue weighted by Gasteiger charge is 2.20. The quantitative estimate of drug-likeness (QED) is 0.875. The van der Waals surface area contributed by atoms with Gasteiger partial charge in [0, 0.05) is 5.69 Å². The molecule has 7 heteroatoms. The Morgan fingerprint density at radius 3 is 2.61 bits per heavy atom. The number of thiocarbonyl (C=S) groups is 1. The molecular formula is C11H9F2N3S2. The van der Waals surface area contributed by atoms with Crippen molar-refractivity contribution < 1.29 is 8.78 Å². The molecule has 0 aliphatic rings. The third kappa shape index (κ3) is 2.85. The largest absolute Gasteiger partial charge is 0.345 e. The van der Waals surface area contributed by atoms with E-state index in [1.165, 1.54) is 0 Å². The van der Waals surface area contributed by atoms with E-state index in [4.69, 9.17) is 12.2 Å². The molecule has 0 aliphatic heterocycles. The molecule has 0 amide bonds. The Morgan fingerprint density at radius 1 is 1.33 bits per heavy atom. The molecule has 1 aromatic carbocycles. The second-order valence-corrected chi connectivity index (χ2v) is 4.77. The van der Waals surface area contributed by atoms with Crippen molar-refractivity contribution >= 4 is 34.4 Å². The van der Waals surface area contributed by atoms with Gasteiger partial charge in [-0.05, 0) is 30.6 Å². The molecule has 0 fully saturated rings. The number of nitrogens with one attached hydrogen (secondary N) is 1. The highest BCUT2D eigenvalue weighted by molar-refractivity contribution is 7.81. The van der Waals surface area contributed by atoms with E-state index in [1.54, 1.807) is 0 Å². The summed E-state index contributed by atoms with van der Waals surface area (Å²) < 4.78 is 28.8. The smallest absolute Gasteiger partial charge is 0.283 e. The summed E-state index contributed by atoms with van der Waals surface area (Å²) in [7, 11) is 0. The second-order valence-electron chi connectivity index (χ2n) is 3.61. The lowest BCUT2D eigenvalue weighted by Gasteiger charge is -2.07. The van der Waals surface area contributed by atoms with Crippen LogP contribution < -0.4 is 5.32 Å². The van der Waals surface area contributed by atoms with Crippen molar-refractivity contribution in [3.63, 3.8) is 0 Å². The fourth-order valence-electron chi connectivity index (χ4n) is 1.32. The van der Waals surface area contributed by atoms with Gasteiger partial charge in [-0.25, -0.2) is 8.78 Å². The predicted octanol–water partition coefficient (Wildman–Crippen LogP) is 3.57. The Hall–Kier alpha value is -1.47. The molecule has 0 spiro atoms.